The van der Waals surface area contributed by atoms with Gasteiger partial charge in [-0.25, -0.2) is 4.79 Å². The van der Waals surface area contributed by atoms with Gasteiger partial charge in [-0.15, -0.1) is 0 Å². The number of ether oxygens (including phenoxy) is 1. The van der Waals surface area contributed by atoms with E-state index in [4.69, 9.17) is 4.74 Å². The minimum Gasteiger partial charge on any atom is -0.507 e. The van der Waals surface area contributed by atoms with E-state index in [1.165, 1.54) is 18.2 Å². The van der Waals surface area contributed by atoms with Gasteiger partial charge in [0.2, 0.25) is 0 Å². The van der Waals surface area contributed by atoms with Gasteiger partial charge < -0.3 is 25.2 Å². The van der Waals surface area contributed by atoms with Crippen LogP contribution in [0.25, 0.3) is 11.1 Å². The highest BCUT2D eigenvalue weighted by Crippen LogP contribution is 2.28. The molecule has 3 N–H and O–H groups in total. The number of aromatic hydroxyl groups is 1. The molecule has 7 nitrogen and oxygen atoms in total. The topological polar surface area (TPSA) is 99.1 Å². The Labute approximate surface area is 193 Å². The van der Waals surface area contributed by atoms with Gasteiger partial charge in [0.05, 0.1) is 16.8 Å². The van der Waals surface area contributed by atoms with E-state index in [1.807, 2.05) is 30.3 Å². The lowest BCUT2D eigenvalue weighted by Crippen LogP contribution is -2.27. The molecular formula is C26H28N2O5. The van der Waals surface area contributed by atoms with Gasteiger partial charge in [0.15, 0.2) is 0 Å². The van der Waals surface area contributed by atoms with E-state index in [1.54, 1.807) is 18.2 Å². The smallest absolute Gasteiger partial charge is 0.337 e. The Hall–Kier alpha value is -3.84. The number of aromatic carboxylic acids is 1. The minimum absolute atomic E-state index is 0.00297. The third-order valence-electron chi connectivity index (χ3n) is 5.39. The first kappa shape index (κ1) is 23.8. The molecule has 7 heteroatoms. The van der Waals surface area contributed by atoms with Crippen molar-refractivity contribution in [2.24, 2.45) is 0 Å². The highest BCUT2D eigenvalue weighted by Gasteiger charge is 2.18. The Morgan fingerprint density at radius 1 is 0.909 bits per heavy atom. The molecule has 0 fully saturated rings. The lowest BCUT2D eigenvalue weighted by Gasteiger charge is -2.18. The van der Waals surface area contributed by atoms with Gasteiger partial charge in [-0.1, -0.05) is 50.2 Å². The molecular weight excluding hydrogens is 420 g/mol. The van der Waals surface area contributed by atoms with Crippen LogP contribution in [-0.4, -0.2) is 53.2 Å². The molecule has 0 unspecified atom stereocenters. The number of nitrogens with one attached hydrogen (secondary N) is 1. The van der Waals surface area contributed by atoms with Crippen molar-refractivity contribution in [3.8, 4) is 22.6 Å². The monoisotopic (exact) mass is 448 g/mol. The summed E-state index contributed by atoms with van der Waals surface area (Å²) in [5.41, 5.74) is 1.73. The van der Waals surface area contributed by atoms with Crippen molar-refractivity contribution >= 4 is 17.6 Å². The first-order valence-corrected chi connectivity index (χ1v) is 10.8. The second kappa shape index (κ2) is 11.2. The van der Waals surface area contributed by atoms with Crippen LogP contribution < -0.4 is 10.1 Å². The van der Waals surface area contributed by atoms with Crippen molar-refractivity contribution < 1.29 is 24.5 Å². The van der Waals surface area contributed by atoms with Crippen molar-refractivity contribution in [1.82, 2.24) is 4.90 Å². The maximum absolute atomic E-state index is 13.0. The predicted octanol–water partition coefficient (Wildman–Crippen LogP) is 4.73. The van der Waals surface area contributed by atoms with Crippen molar-refractivity contribution in [2.75, 3.05) is 31.6 Å². The average molecular weight is 449 g/mol. The number of phenolic OH excluding ortho intramolecular Hbond substituents is 1. The van der Waals surface area contributed by atoms with Gasteiger partial charge in [0.25, 0.3) is 5.91 Å². The molecule has 0 radical (unpaired) electrons. The molecule has 0 spiro atoms. The standard InChI is InChI=1S/C26H28N2O5/c1-3-28(4-2)14-15-33-20-11-13-24(29)22(17-20)25(30)27-23-16-19(10-12-21(23)26(31)32)18-8-6-5-7-9-18/h5-13,16-17,29H,3-4,14-15H2,1-2H3,(H,27,30)(H,31,32). The largest absolute Gasteiger partial charge is 0.507 e. The molecule has 0 aliphatic heterocycles. The molecule has 0 atom stereocenters. The second-order valence-corrected chi connectivity index (χ2v) is 7.44. The number of benzene rings is 3. The van der Waals surface area contributed by atoms with Crippen LogP contribution in [0.1, 0.15) is 34.6 Å². The van der Waals surface area contributed by atoms with Crippen LogP contribution in [0.4, 0.5) is 5.69 Å². The number of amides is 1. The number of carboxylic acids is 1. The van der Waals surface area contributed by atoms with Gasteiger partial charge in [0, 0.05) is 6.54 Å². The van der Waals surface area contributed by atoms with E-state index in [2.05, 4.69) is 24.1 Å². The third-order valence-corrected chi connectivity index (χ3v) is 5.39. The van der Waals surface area contributed by atoms with Crippen LogP contribution in [-0.2, 0) is 0 Å². The summed E-state index contributed by atoms with van der Waals surface area (Å²) in [5.74, 6) is -1.57. The Balaban J connectivity index is 1.82. The number of carbonyl (C=O) groups is 2. The summed E-state index contributed by atoms with van der Waals surface area (Å²) in [7, 11) is 0. The van der Waals surface area contributed by atoms with Gasteiger partial charge in [-0.3, -0.25) is 4.79 Å². The predicted molar refractivity (Wildman–Crippen MR) is 128 cm³/mol. The molecule has 33 heavy (non-hydrogen) atoms. The summed E-state index contributed by atoms with van der Waals surface area (Å²) in [6.07, 6.45) is 0. The van der Waals surface area contributed by atoms with Crippen LogP contribution in [0.2, 0.25) is 0 Å². The fourth-order valence-electron chi connectivity index (χ4n) is 3.45. The minimum atomic E-state index is -1.16. The fourth-order valence-corrected chi connectivity index (χ4v) is 3.45. The number of nitrogens with zero attached hydrogens (tertiary/aromatic N) is 1. The summed E-state index contributed by atoms with van der Waals surface area (Å²) >= 11 is 0. The zero-order valence-corrected chi connectivity index (χ0v) is 18.7. The van der Waals surface area contributed by atoms with Gasteiger partial charge in [-0.2, -0.15) is 0 Å². The summed E-state index contributed by atoms with van der Waals surface area (Å²) in [5, 5.41) is 22.4. The molecule has 0 saturated carbocycles. The number of carbonyl (C=O) groups excluding carboxylic acids is 1. The first-order valence-electron chi connectivity index (χ1n) is 10.8. The molecule has 0 aromatic heterocycles. The summed E-state index contributed by atoms with van der Waals surface area (Å²) < 4.78 is 5.75. The zero-order valence-electron chi connectivity index (χ0n) is 18.7. The highest BCUT2D eigenvalue weighted by molar-refractivity contribution is 6.09. The Bertz CT molecular complexity index is 1110. The molecule has 1 amide bonds. The van der Waals surface area contributed by atoms with Gasteiger partial charge in [-0.05, 0) is 54.5 Å². The van der Waals surface area contributed by atoms with E-state index < -0.39 is 11.9 Å². The first-order chi connectivity index (χ1) is 15.9. The summed E-state index contributed by atoms with van der Waals surface area (Å²) in [4.78, 5) is 26.9. The van der Waals surface area contributed by atoms with E-state index in [9.17, 15) is 19.8 Å². The average Bonchev–Trinajstić information content (AvgIpc) is 2.83. The fraction of sp³-hybridized carbons (Fsp3) is 0.231. The lowest BCUT2D eigenvalue weighted by atomic mass is 10.0. The third kappa shape index (κ3) is 6.11. The van der Waals surface area contributed by atoms with E-state index >= 15 is 0 Å². The number of hydrogen-bond donors (Lipinski definition) is 3. The van der Waals surface area contributed by atoms with E-state index in [0.717, 1.165) is 30.8 Å². The number of anilines is 1. The van der Waals surface area contributed by atoms with Crippen molar-refractivity contribution in [2.45, 2.75) is 13.8 Å². The van der Waals surface area contributed by atoms with E-state index in [-0.39, 0.29) is 22.6 Å². The van der Waals surface area contributed by atoms with Crippen LogP contribution in [0.3, 0.4) is 0 Å². The van der Waals surface area contributed by atoms with Crippen molar-refractivity contribution in [1.29, 1.82) is 0 Å². The van der Waals surface area contributed by atoms with Crippen molar-refractivity contribution in [3.63, 3.8) is 0 Å². The maximum Gasteiger partial charge on any atom is 0.337 e. The number of phenols is 1. The van der Waals surface area contributed by atoms with Crippen molar-refractivity contribution in [3.05, 3.63) is 77.9 Å². The van der Waals surface area contributed by atoms with Crippen LogP contribution in [0.15, 0.2) is 66.7 Å². The summed E-state index contributed by atoms with van der Waals surface area (Å²) in [6, 6.07) is 18.6. The maximum atomic E-state index is 13.0. The Morgan fingerprint density at radius 3 is 2.30 bits per heavy atom. The Kier molecular flexibility index (Phi) is 8.05. The molecule has 3 aromatic carbocycles. The molecule has 0 aliphatic rings. The summed E-state index contributed by atoms with van der Waals surface area (Å²) in [6.45, 7) is 7.16. The van der Waals surface area contributed by atoms with Crippen LogP contribution in [0, 0.1) is 0 Å². The normalized spacial score (nSPS) is 10.8. The molecule has 0 heterocycles. The highest BCUT2D eigenvalue weighted by atomic mass is 16.5. The molecule has 0 bridgehead atoms. The molecule has 0 aliphatic carbocycles. The number of likely N-dealkylation sites (N-methyl/N-ethyl adjacent to an activating group) is 1. The number of hydrogen-bond acceptors (Lipinski definition) is 5. The second-order valence-electron chi connectivity index (χ2n) is 7.44. The van der Waals surface area contributed by atoms with Gasteiger partial charge >= 0.3 is 5.97 Å². The number of carboxylic acid groups (broad SMARTS) is 1. The zero-order chi connectivity index (χ0) is 23.8. The molecule has 0 saturated heterocycles. The quantitative estimate of drug-likeness (QED) is 0.415. The van der Waals surface area contributed by atoms with Gasteiger partial charge in [0.1, 0.15) is 18.1 Å². The van der Waals surface area contributed by atoms with E-state index in [0.29, 0.717) is 12.4 Å². The molecule has 3 rings (SSSR count). The number of rotatable bonds is 10. The molecule has 3 aromatic rings. The van der Waals surface area contributed by atoms with Crippen LogP contribution in [0.5, 0.6) is 11.5 Å². The SMILES string of the molecule is CCN(CC)CCOc1ccc(O)c(C(=O)Nc2cc(-c3ccccc3)ccc2C(=O)O)c1. The van der Waals surface area contributed by atoms with Crippen LogP contribution >= 0.6 is 0 Å². The Morgan fingerprint density at radius 2 is 1.64 bits per heavy atom. The molecule has 172 valence electrons. The lowest BCUT2D eigenvalue weighted by molar-refractivity contribution is 0.0698.